The molecule has 7 heteroatoms. The highest BCUT2D eigenvalue weighted by atomic mass is 32.1. The van der Waals surface area contributed by atoms with Crippen molar-refractivity contribution in [1.29, 1.82) is 0 Å². The SMILES string of the molecule is COc1ccc(C(=O)N/N=C\c2csc(C)n2)cc1OC. The minimum atomic E-state index is -0.334. The van der Waals surface area contributed by atoms with Crippen LogP contribution in [0, 0.1) is 6.92 Å². The van der Waals surface area contributed by atoms with Gasteiger partial charge in [-0.1, -0.05) is 0 Å². The van der Waals surface area contributed by atoms with Gasteiger partial charge in [0.2, 0.25) is 0 Å². The highest BCUT2D eigenvalue weighted by molar-refractivity contribution is 7.09. The molecule has 0 bridgehead atoms. The summed E-state index contributed by atoms with van der Waals surface area (Å²) < 4.78 is 10.3. The van der Waals surface area contributed by atoms with Crippen LogP contribution in [-0.2, 0) is 0 Å². The Hall–Kier alpha value is -2.41. The molecule has 2 aromatic rings. The monoisotopic (exact) mass is 305 g/mol. The Labute approximate surface area is 126 Å². The van der Waals surface area contributed by atoms with Gasteiger partial charge in [-0.15, -0.1) is 11.3 Å². The van der Waals surface area contributed by atoms with E-state index in [1.54, 1.807) is 18.2 Å². The summed E-state index contributed by atoms with van der Waals surface area (Å²) in [5.41, 5.74) is 3.59. The molecule has 0 radical (unpaired) electrons. The predicted octanol–water partition coefficient (Wildman–Crippen LogP) is 2.23. The maximum Gasteiger partial charge on any atom is 0.271 e. The first kappa shape index (κ1) is 15.0. The van der Waals surface area contributed by atoms with Crippen LogP contribution < -0.4 is 14.9 Å². The molecular formula is C14H15N3O3S. The van der Waals surface area contributed by atoms with Crippen molar-refractivity contribution in [2.24, 2.45) is 5.10 Å². The van der Waals surface area contributed by atoms with E-state index >= 15 is 0 Å². The number of amides is 1. The third kappa shape index (κ3) is 3.79. The van der Waals surface area contributed by atoms with Crippen molar-refractivity contribution in [2.45, 2.75) is 6.92 Å². The first-order valence-electron chi connectivity index (χ1n) is 6.11. The van der Waals surface area contributed by atoms with Gasteiger partial charge in [0.05, 0.1) is 31.1 Å². The van der Waals surface area contributed by atoms with Crippen LogP contribution in [0.3, 0.4) is 0 Å². The number of rotatable bonds is 5. The largest absolute Gasteiger partial charge is 0.493 e. The van der Waals surface area contributed by atoms with Gasteiger partial charge in [0.15, 0.2) is 11.5 Å². The first-order valence-corrected chi connectivity index (χ1v) is 6.99. The maximum atomic E-state index is 12.0. The lowest BCUT2D eigenvalue weighted by Crippen LogP contribution is -2.17. The zero-order valence-corrected chi connectivity index (χ0v) is 12.7. The summed E-state index contributed by atoms with van der Waals surface area (Å²) in [6, 6.07) is 4.90. The lowest BCUT2D eigenvalue weighted by atomic mass is 10.2. The molecule has 0 aliphatic heterocycles. The van der Waals surface area contributed by atoms with Gasteiger partial charge in [0, 0.05) is 10.9 Å². The summed E-state index contributed by atoms with van der Waals surface area (Å²) in [6.07, 6.45) is 1.50. The van der Waals surface area contributed by atoms with E-state index in [0.29, 0.717) is 22.8 Å². The van der Waals surface area contributed by atoms with E-state index in [9.17, 15) is 4.79 Å². The fourth-order valence-electron chi connectivity index (χ4n) is 1.64. The second kappa shape index (κ2) is 6.85. The number of benzene rings is 1. The normalized spacial score (nSPS) is 10.6. The Morgan fingerprint density at radius 3 is 2.71 bits per heavy atom. The molecule has 0 fully saturated rings. The number of carbonyl (C=O) groups is 1. The van der Waals surface area contributed by atoms with Crippen molar-refractivity contribution < 1.29 is 14.3 Å². The Morgan fingerprint density at radius 1 is 1.33 bits per heavy atom. The predicted molar refractivity (Wildman–Crippen MR) is 81.5 cm³/mol. The topological polar surface area (TPSA) is 72.8 Å². The molecule has 21 heavy (non-hydrogen) atoms. The van der Waals surface area contributed by atoms with Crippen LogP contribution in [0.15, 0.2) is 28.7 Å². The number of ether oxygens (including phenoxy) is 2. The molecule has 0 saturated heterocycles. The van der Waals surface area contributed by atoms with E-state index in [1.807, 2.05) is 12.3 Å². The standard InChI is InChI=1S/C14H15N3O3S/c1-9-16-11(8-21-9)7-15-17-14(18)10-4-5-12(19-2)13(6-10)20-3/h4-8H,1-3H3,(H,17,18)/b15-7-. The number of hydrogen-bond donors (Lipinski definition) is 1. The number of methoxy groups -OCH3 is 2. The zero-order chi connectivity index (χ0) is 15.2. The molecule has 6 nitrogen and oxygen atoms in total. The highest BCUT2D eigenvalue weighted by Gasteiger charge is 2.09. The van der Waals surface area contributed by atoms with E-state index in [2.05, 4.69) is 15.5 Å². The van der Waals surface area contributed by atoms with Crippen LogP contribution in [0.4, 0.5) is 0 Å². The number of hydrazone groups is 1. The number of nitrogens with one attached hydrogen (secondary N) is 1. The average molecular weight is 305 g/mol. The van der Waals surface area contributed by atoms with Gasteiger partial charge in [-0.3, -0.25) is 4.79 Å². The smallest absolute Gasteiger partial charge is 0.271 e. The Balaban J connectivity index is 2.05. The summed E-state index contributed by atoms with van der Waals surface area (Å²) in [4.78, 5) is 16.2. The van der Waals surface area contributed by atoms with E-state index < -0.39 is 0 Å². The Kier molecular flexibility index (Phi) is 4.89. The molecule has 110 valence electrons. The van der Waals surface area contributed by atoms with Crippen LogP contribution in [0.5, 0.6) is 11.5 Å². The van der Waals surface area contributed by atoms with Crippen LogP contribution >= 0.6 is 11.3 Å². The lowest BCUT2D eigenvalue weighted by molar-refractivity contribution is 0.0954. The fourth-order valence-corrected chi connectivity index (χ4v) is 2.20. The number of hydrogen-bond acceptors (Lipinski definition) is 6. The molecule has 0 aliphatic rings. The molecule has 1 amide bonds. The van der Waals surface area contributed by atoms with Gasteiger partial charge in [0.25, 0.3) is 5.91 Å². The number of aromatic nitrogens is 1. The zero-order valence-electron chi connectivity index (χ0n) is 11.9. The van der Waals surface area contributed by atoms with Gasteiger partial charge < -0.3 is 9.47 Å². The second-order valence-corrected chi connectivity index (χ2v) is 5.12. The molecule has 0 unspecified atom stereocenters. The Bertz CT molecular complexity index is 667. The molecule has 2 rings (SSSR count). The minimum Gasteiger partial charge on any atom is -0.493 e. The van der Waals surface area contributed by atoms with Crippen molar-refractivity contribution in [3.8, 4) is 11.5 Å². The lowest BCUT2D eigenvalue weighted by Gasteiger charge is -2.08. The first-order chi connectivity index (χ1) is 10.1. The highest BCUT2D eigenvalue weighted by Crippen LogP contribution is 2.27. The summed E-state index contributed by atoms with van der Waals surface area (Å²) in [5, 5.41) is 6.69. The van der Waals surface area contributed by atoms with Gasteiger partial charge in [-0.25, -0.2) is 10.4 Å². The van der Waals surface area contributed by atoms with E-state index in [-0.39, 0.29) is 5.91 Å². The van der Waals surface area contributed by atoms with Crippen LogP contribution in [-0.4, -0.2) is 31.3 Å². The number of aryl methyl sites for hydroxylation is 1. The Morgan fingerprint density at radius 2 is 2.10 bits per heavy atom. The summed E-state index contributed by atoms with van der Waals surface area (Å²) >= 11 is 1.52. The molecule has 0 aliphatic carbocycles. The molecule has 1 aromatic heterocycles. The molecule has 0 spiro atoms. The van der Waals surface area contributed by atoms with Crippen LogP contribution in [0.25, 0.3) is 0 Å². The quantitative estimate of drug-likeness (QED) is 0.679. The third-order valence-electron chi connectivity index (χ3n) is 2.65. The van der Waals surface area contributed by atoms with Crippen molar-refractivity contribution >= 4 is 23.5 Å². The number of carbonyl (C=O) groups excluding carboxylic acids is 1. The summed E-state index contributed by atoms with van der Waals surface area (Å²) in [7, 11) is 3.06. The number of thiazole rings is 1. The molecule has 0 saturated carbocycles. The van der Waals surface area contributed by atoms with E-state index in [1.165, 1.54) is 31.8 Å². The maximum absolute atomic E-state index is 12.0. The summed E-state index contributed by atoms with van der Waals surface area (Å²) in [6.45, 7) is 1.91. The molecular weight excluding hydrogens is 290 g/mol. The summed E-state index contributed by atoms with van der Waals surface area (Å²) in [5.74, 6) is 0.721. The average Bonchev–Trinajstić information content (AvgIpc) is 2.91. The van der Waals surface area contributed by atoms with Crippen molar-refractivity contribution in [2.75, 3.05) is 14.2 Å². The molecule has 0 atom stereocenters. The van der Waals surface area contributed by atoms with Gasteiger partial charge in [-0.05, 0) is 25.1 Å². The van der Waals surface area contributed by atoms with Gasteiger partial charge >= 0.3 is 0 Å². The van der Waals surface area contributed by atoms with Crippen molar-refractivity contribution in [1.82, 2.24) is 10.4 Å². The second-order valence-electron chi connectivity index (χ2n) is 4.06. The van der Waals surface area contributed by atoms with Crippen LogP contribution in [0.2, 0.25) is 0 Å². The van der Waals surface area contributed by atoms with E-state index in [0.717, 1.165) is 5.01 Å². The van der Waals surface area contributed by atoms with Crippen molar-refractivity contribution in [3.63, 3.8) is 0 Å². The molecule has 1 aromatic carbocycles. The van der Waals surface area contributed by atoms with Gasteiger partial charge in [-0.2, -0.15) is 5.10 Å². The van der Waals surface area contributed by atoms with Crippen LogP contribution in [0.1, 0.15) is 21.1 Å². The number of nitrogens with zero attached hydrogens (tertiary/aromatic N) is 2. The molecule has 1 heterocycles. The minimum absolute atomic E-state index is 0.334. The van der Waals surface area contributed by atoms with Crippen molar-refractivity contribution in [3.05, 3.63) is 39.8 Å². The molecule has 1 N–H and O–H groups in total. The third-order valence-corrected chi connectivity index (χ3v) is 3.44. The van der Waals surface area contributed by atoms with E-state index in [4.69, 9.17) is 9.47 Å². The van der Waals surface area contributed by atoms with Gasteiger partial charge in [0.1, 0.15) is 0 Å². The fraction of sp³-hybridized carbons (Fsp3) is 0.214.